The number of aryl methyl sites for hydroxylation is 2. The van der Waals surface area contributed by atoms with E-state index in [9.17, 15) is 9.18 Å². The van der Waals surface area contributed by atoms with Crippen LogP contribution in [0.1, 0.15) is 11.1 Å². The fourth-order valence-corrected chi connectivity index (χ4v) is 1.98. The Morgan fingerprint density at radius 1 is 1.17 bits per heavy atom. The first-order chi connectivity index (χ1) is 11.5. The molecule has 0 fully saturated rings. The zero-order valence-corrected chi connectivity index (χ0v) is 13.6. The van der Waals surface area contributed by atoms with E-state index in [1.165, 1.54) is 24.3 Å². The number of hydrogen-bond donors (Lipinski definition) is 1. The van der Waals surface area contributed by atoms with Gasteiger partial charge in [-0.2, -0.15) is 0 Å². The predicted molar refractivity (Wildman–Crippen MR) is 90.9 cm³/mol. The summed E-state index contributed by atoms with van der Waals surface area (Å²) in [6.07, 6.45) is 1.07. The van der Waals surface area contributed by atoms with Crippen LogP contribution in [0.15, 0.2) is 47.6 Å². The van der Waals surface area contributed by atoms with Crippen LogP contribution in [-0.2, 0) is 9.63 Å². The molecule has 0 spiro atoms. The third kappa shape index (κ3) is 5.72. The summed E-state index contributed by atoms with van der Waals surface area (Å²) < 4.78 is 18.0. The number of anilines is 1. The van der Waals surface area contributed by atoms with E-state index in [-0.39, 0.29) is 24.9 Å². The van der Waals surface area contributed by atoms with E-state index in [0.717, 1.165) is 23.0 Å². The number of nitrogens with one attached hydrogen (secondary N) is 1. The van der Waals surface area contributed by atoms with Crippen LogP contribution in [0.2, 0.25) is 0 Å². The number of rotatable bonds is 7. The second-order valence-electron chi connectivity index (χ2n) is 5.18. The normalized spacial score (nSPS) is 10.6. The highest BCUT2D eigenvalue weighted by atomic mass is 19.1. The third-order valence-corrected chi connectivity index (χ3v) is 3.14. The molecule has 5 nitrogen and oxygen atoms in total. The van der Waals surface area contributed by atoms with Crippen molar-refractivity contribution in [2.75, 3.05) is 18.5 Å². The Hall–Kier alpha value is -2.89. The van der Waals surface area contributed by atoms with Crippen molar-refractivity contribution in [3.05, 3.63) is 59.4 Å². The van der Waals surface area contributed by atoms with E-state index in [1.807, 2.05) is 32.0 Å². The molecule has 1 N–H and O–H groups in total. The molecule has 0 bridgehead atoms. The quantitative estimate of drug-likeness (QED) is 0.480. The number of benzene rings is 2. The Balaban J connectivity index is 1.68. The molecule has 0 heterocycles. The summed E-state index contributed by atoms with van der Waals surface area (Å²) in [5, 5.41) is 6.31. The van der Waals surface area contributed by atoms with Crippen molar-refractivity contribution in [1.29, 1.82) is 0 Å². The van der Waals surface area contributed by atoms with Crippen molar-refractivity contribution in [3.8, 4) is 5.75 Å². The predicted octanol–water partition coefficient (Wildman–Crippen LogP) is 3.46. The van der Waals surface area contributed by atoms with Crippen LogP contribution in [0.5, 0.6) is 5.75 Å². The van der Waals surface area contributed by atoms with Gasteiger partial charge in [-0.05, 0) is 49.7 Å². The van der Waals surface area contributed by atoms with Gasteiger partial charge in [-0.3, -0.25) is 4.79 Å². The van der Waals surface area contributed by atoms with Crippen LogP contribution in [0, 0.1) is 19.7 Å². The van der Waals surface area contributed by atoms with Crippen molar-refractivity contribution in [1.82, 2.24) is 0 Å². The summed E-state index contributed by atoms with van der Waals surface area (Å²) in [6.45, 7) is 4.32. The molecule has 0 saturated heterocycles. The van der Waals surface area contributed by atoms with Crippen LogP contribution < -0.4 is 10.1 Å². The molecule has 2 aromatic carbocycles. The zero-order chi connectivity index (χ0) is 17.4. The highest BCUT2D eigenvalue weighted by molar-refractivity contribution is 6.31. The van der Waals surface area contributed by atoms with Crippen molar-refractivity contribution in [3.63, 3.8) is 0 Å². The van der Waals surface area contributed by atoms with Gasteiger partial charge in [-0.25, -0.2) is 4.39 Å². The van der Waals surface area contributed by atoms with Gasteiger partial charge in [-0.1, -0.05) is 22.9 Å². The van der Waals surface area contributed by atoms with E-state index in [2.05, 4.69) is 10.5 Å². The maximum atomic E-state index is 12.7. The molecule has 0 saturated carbocycles. The molecule has 0 aliphatic carbocycles. The molecule has 1 amide bonds. The van der Waals surface area contributed by atoms with Crippen molar-refractivity contribution >= 4 is 17.8 Å². The first kappa shape index (κ1) is 17.5. The standard InChI is InChI=1S/C18H19FN2O3/c1-13-3-8-17(14(2)11-13)21-18(22)12-20-24-10-9-23-16-6-4-15(19)5-7-16/h3-8,11-12H,9-10H2,1-2H3,(H,21,22)/b20-12-. The molecular formula is C18H19FN2O3. The first-order valence-corrected chi connectivity index (χ1v) is 7.46. The highest BCUT2D eigenvalue weighted by Gasteiger charge is 2.02. The molecule has 2 rings (SSSR count). The van der Waals surface area contributed by atoms with Gasteiger partial charge in [0.15, 0.2) is 6.61 Å². The minimum atomic E-state index is -0.374. The molecule has 0 unspecified atom stereocenters. The van der Waals surface area contributed by atoms with Gasteiger partial charge in [0.1, 0.15) is 24.4 Å². The fraction of sp³-hybridized carbons (Fsp3) is 0.222. The molecule has 6 heteroatoms. The lowest BCUT2D eigenvalue weighted by atomic mass is 10.1. The Labute approximate surface area is 140 Å². The largest absolute Gasteiger partial charge is 0.490 e. The summed E-state index contributed by atoms with van der Waals surface area (Å²) in [6, 6.07) is 11.4. The van der Waals surface area contributed by atoms with Gasteiger partial charge in [0.25, 0.3) is 5.91 Å². The van der Waals surface area contributed by atoms with Crippen LogP contribution in [-0.4, -0.2) is 25.3 Å². The lowest BCUT2D eigenvalue weighted by Gasteiger charge is -2.07. The minimum Gasteiger partial charge on any atom is -0.490 e. The molecule has 24 heavy (non-hydrogen) atoms. The van der Waals surface area contributed by atoms with Crippen LogP contribution in [0.25, 0.3) is 0 Å². The maximum Gasteiger partial charge on any atom is 0.270 e. The lowest BCUT2D eigenvalue weighted by molar-refractivity contribution is -0.110. The molecule has 0 aliphatic rings. The Morgan fingerprint density at radius 2 is 1.92 bits per heavy atom. The molecule has 0 aromatic heterocycles. The minimum absolute atomic E-state index is 0.171. The maximum absolute atomic E-state index is 12.7. The molecule has 0 radical (unpaired) electrons. The number of oxime groups is 1. The first-order valence-electron chi connectivity index (χ1n) is 7.46. The van der Waals surface area contributed by atoms with E-state index in [4.69, 9.17) is 9.57 Å². The van der Waals surface area contributed by atoms with E-state index >= 15 is 0 Å². The number of nitrogens with zero attached hydrogens (tertiary/aromatic N) is 1. The van der Waals surface area contributed by atoms with E-state index in [1.54, 1.807) is 0 Å². The molecule has 2 aromatic rings. The number of halogens is 1. The summed E-state index contributed by atoms with van der Waals surface area (Å²) in [7, 11) is 0. The van der Waals surface area contributed by atoms with Crippen LogP contribution >= 0.6 is 0 Å². The number of hydrogen-bond acceptors (Lipinski definition) is 4. The number of carbonyl (C=O) groups excluding carboxylic acids is 1. The molecular weight excluding hydrogens is 311 g/mol. The molecule has 0 aliphatic heterocycles. The van der Waals surface area contributed by atoms with Crippen molar-refractivity contribution < 1.29 is 18.8 Å². The summed E-state index contributed by atoms with van der Waals surface area (Å²) in [5.74, 6) is -0.156. The third-order valence-electron chi connectivity index (χ3n) is 3.14. The smallest absolute Gasteiger partial charge is 0.270 e. The van der Waals surface area contributed by atoms with Gasteiger partial charge in [0.2, 0.25) is 0 Å². The van der Waals surface area contributed by atoms with Gasteiger partial charge in [-0.15, -0.1) is 0 Å². The Kier molecular flexibility index (Phi) is 6.31. The molecule has 126 valence electrons. The second kappa shape index (κ2) is 8.67. The number of carbonyl (C=O) groups is 1. The Bertz CT molecular complexity index is 715. The highest BCUT2D eigenvalue weighted by Crippen LogP contribution is 2.15. The zero-order valence-electron chi connectivity index (χ0n) is 13.6. The van der Waals surface area contributed by atoms with Gasteiger partial charge < -0.3 is 14.9 Å². The van der Waals surface area contributed by atoms with Crippen LogP contribution in [0.4, 0.5) is 10.1 Å². The monoisotopic (exact) mass is 330 g/mol. The van der Waals surface area contributed by atoms with Crippen molar-refractivity contribution in [2.24, 2.45) is 5.16 Å². The van der Waals surface area contributed by atoms with E-state index in [0.29, 0.717) is 5.75 Å². The van der Waals surface area contributed by atoms with E-state index < -0.39 is 0 Å². The average Bonchev–Trinajstić information content (AvgIpc) is 2.55. The second-order valence-corrected chi connectivity index (χ2v) is 5.18. The van der Waals surface area contributed by atoms with Gasteiger partial charge in [0.05, 0.1) is 0 Å². The number of ether oxygens (including phenoxy) is 1. The SMILES string of the molecule is Cc1ccc(NC(=O)/C=N\OCCOc2ccc(F)cc2)c(C)c1. The topological polar surface area (TPSA) is 59.9 Å². The van der Waals surface area contributed by atoms with Gasteiger partial charge >= 0.3 is 0 Å². The fourth-order valence-electron chi connectivity index (χ4n) is 1.98. The summed E-state index contributed by atoms with van der Waals surface area (Å²) in [4.78, 5) is 16.7. The number of amides is 1. The molecule has 0 atom stereocenters. The van der Waals surface area contributed by atoms with Crippen molar-refractivity contribution in [2.45, 2.75) is 13.8 Å². The Morgan fingerprint density at radius 3 is 2.62 bits per heavy atom. The van der Waals surface area contributed by atoms with Crippen LogP contribution in [0.3, 0.4) is 0 Å². The van der Waals surface area contributed by atoms with Gasteiger partial charge in [0, 0.05) is 5.69 Å². The summed E-state index contributed by atoms with van der Waals surface area (Å²) >= 11 is 0. The average molecular weight is 330 g/mol. The lowest BCUT2D eigenvalue weighted by Crippen LogP contribution is -2.14. The summed E-state index contributed by atoms with van der Waals surface area (Å²) in [5.41, 5.74) is 2.84.